The fraction of sp³-hybridized carbons (Fsp3) is 0.462. The molecule has 20 heavy (non-hydrogen) atoms. The average Bonchev–Trinajstić information content (AvgIpc) is 2.85. The lowest BCUT2D eigenvalue weighted by atomic mass is 10.3. The van der Waals surface area contributed by atoms with Crippen molar-refractivity contribution in [1.29, 1.82) is 0 Å². The van der Waals surface area contributed by atoms with Crippen molar-refractivity contribution in [2.45, 2.75) is 26.4 Å². The van der Waals surface area contributed by atoms with Crippen LogP contribution >= 0.6 is 11.3 Å². The summed E-state index contributed by atoms with van der Waals surface area (Å²) in [4.78, 5) is 16.1. The van der Waals surface area contributed by atoms with E-state index in [4.69, 9.17) is 4.74 Å². The van der Waals surface area contributed by atoms with Crippen molar-refractivity contribution >= 4 is 16.5 Å². The Balaban J connectivity index is 2.23. The fourth-order valence-corrected chi connectivity index (χ4v) is 2.48. The fourth-order valence-electron chi connectivity index (χ4n) is 1.63. The Morgan fingerprint density at radius 2 is 2.20 bits per heavy atom. The van der Waals surface area contributed by atoms with Gasteiger partial charge in [0.1, 0.15) is 11.4 Å². The summed E-state index contributed by atoms with van der Waals surface area (Å²) in [5.41, 5.74) is 1.32. The number of aromatic nitrogens is 3. The van der Waals surface area contributed by atoms with Gasteiger partial charge in [0, 0.05) is 24.6 Å². The molecule has 7 heteroatoms. The van der Waals surface area contributed by atoms with Crippen LogP contribution in [0, 0.1) is 0 Å². The van der Waals surface area contributed by atoms with Crippen LogP contribution in [0.1, 0.15) is 13.8 Å². The SMILES string of the molecule is COCCn1nc(-c2csc(NC(C)C)n2)ccc1=O. The molecule has 2 heterocycles. The molecule has 0 saturated carbocycles. The van der Waals surface area contributed by atoms with Gasteiger partial charge in [-0.3, -0.25) is 4.79 Å². The zero-order valence-electron chi connectivity index (χ0n) is 11.8. The Hall–Kier alpha value is -1.73. The lowest BCUT2D eigenvalue weighted by Gasteiger charge is -2.05. The Morgan fingerprint density at radius 1 is 1.40 bits per heavy atom. The van der Waals surface area contributed by atoms with E-state index in [1.807, 2.05) is 5.38 Å². The van der Waals surface area contributed by atoms with E-state index >= 15 is 0 Å². The standard InChI is InChI=1S/C13H18N4O2S/c1-9(2)14-13-15-11(8-20-13)10-4-5-12(18)17(16-10)6-7-19-3/h4-5,8-9H,6-7H2,1-3H3,(H,14,15). The van der Waals surface area contributed by atoms with Gasteiger partial charge >= 0.3 is 0 Å². The molecule has 1 N–H and O–H groups in total. The molecule has 2 rings (SSSR count). The van der Waals surface area contributed by atoms with Gasteiger partial charge in [0.05, 0.1) is 13.2 Å². The maximum absolute atomic E-state index is 11.7. The van der Waals surface area contributed by atoms with Gasteiger partial charge in [-0.2, -0.15) is 5.10 Å². The van der Waals surface area contributed by atoms with Crippen LogP contribution in [0.2, 0.25) is 0 Å². The second-order valence-corrected chi connectivity index (χ2v) is 5.47. The zero-order chi connectivity index (χ0) is 14.5. The number of methoxy groups -OCH3 is 1. The second kappa shape index (κ2) is 6.62. The average molecular weight is 294 g/mol. The van der Waals surface area contributed by atoms with Crippen LogP contribution in [0.25, 0.3) is 11.4 Å². The minimum atomic E-state index is -0.137. The van der Waals surface area contributed by atoms with Gasteiger partial charge in [-0.05, 0) is 19.9 Å². The molecule has 0 aliphatic rings. The normalized spacial score (nSPS) is 11.0. The van der Waals surface area contributed by atoms with Crippen LogP contribution in [0.5, 0.6) is 0 Å². The van der Waals surface area contributed by atoms with E-state index in [-0.39, 0.29) is 5.56 Å². The minimum Gasteiger partial charge on any atom is -0.383 e. The van der Waals surface area contributed by atoms with Crippen LogP contribution in [-0.2, 0) is 11.3 Å². The third kappa shape index (κ3) is 3.64. The van der Waals surface area contributed by atoms with Crippen molar-refractivity contribution in [2.24, 2.45) is 0 Å². The van der Waals surface area contributed by atoms with Crippen molar-refractivity contribution in [3.63, 3.8) is 0 Å². The second-order valence-electron chi connectivity index (χ2n) is 4.61. The lowest BCUT2D eigenvalue weighted by Crippen LogP contribution is -2.24. The molecule has 108 valence electrons. The number of nitrogens with zero attached hydrogens (tertiary/aromatic N) is 3. The first-order chi connectivity index (χ1) is 9.60. The number of hydrogen-bond acceptors (Lipinski definition) is 6. The van der Waals surface area contributed by atoms with Crippen LogP contribution in [0.4, 0.5) is 5.13 Å². The molecular formula is C13H18N4O2S. The number of thiazole rings is 1. The molecule has 0 fully saturated rings. The monoisotopic (exact) mass is 294 g/mol. The first kappa shape index (κ1) is 14.7. The smallest absolute Gasteiger partial charge is 0.266 e. The summed E-state index contributed by atoms with van der Waals surface area (Å²) in [5, 5.41) is 10.3. The van der Waals surface area contributed by atoms with E-state index in [1.54, 1.807) is 13.2 Å². The van der Waals surface area contributed by atoms with Gasteiger partial charge in [-0.1, -0.05) is 0 Å². The largest absolute Gasteiger partial charge is 0.383 e. The molecule has 2 aromatic rings. The van der Waals surface area contributed by atoms with Crippen LogP contribution in [-0.4, -0.2) is 34.5 Å². The van der Waals surface area contributed by atoms with E-state index in [0.717, 1.165) is 10.8 Å². The summed E-state index contributed by atoms with van der Waals surface area (Å²) >= 11 is 1.53. The highest BCUT2D eigenvalue weighted by Crippen LogP contribution is 2.23. The van der Waals surface area contributed by atoms with E-state index in [0.29, 0.717) is 24.9 Å². The summed E-state index contributed by atoms with van der Waals surface area (Å²) in [6, 6.07) is 3.53. The van der Waals surface area contributed by atoms with Crippen LogP contribution in [0.3, 0.4) is 0 Å². The molecule has 0 aliphatic heterocycles. The van der Waals surface area contributed by atoms with Gasteiger partial charge in [-0.25, -0.2) is 9.67 Å². The third-order valence-electron chi connectivity index (χ3n) is 2.55. The van der Waals surface area contributed by atoms with Crippen molar-refractivity contribution in [3.05, 3.63) is 27.9 Å². The minimum absolute atomic E-state index is 0.137. The summed E-state index contributed by atoms with van der Waals surface area (Å²) in [5.74, 6) is 0. The highest BCUT2D eigenvalue weighted by Gasteiger charge is 2.08. The maximum Gasteiger partial charge on any atom is 0.266 e. The molecule has 6 nitrogen and oxygen atoms in total. The predicted octanol–water partition coefficient (Wildman–Crippen LogP) is 1.83. The highest BCUT2D eigenvalue weighted by atomic mass is 32.1. The van der Waals surface area contributed by atoms with Crippen molar-refractivity contribution < 1.29 is 4.74 Å². The molecule has 0 unspecified atom stereocenters. The topological polar surface area (TPSA) is 69.0 Å². The van der Waals surface area contributed by atoms with Crippen LogP contribution < -0.4 is 10.9 Å². The number of hydrogen-bond donors (Lipinski definition) is 1. The van der Waals surface area contributed by atoms with E-state index in [1.165, 1.54) is 22.1 Å². The Bertz CT molecular complexity index is 621. The van der Waals surface area contributed by atoms with Gasteiger partial charge in [0.2, 0.25) is 0 Å². The van der Waals surface area contributed by atoms with Gasteiger partial charge < -0.3 is 10.1 Å². The predicted molar refractivity (Wildman–Crippen MR) is 80.2 cm³/mol. The molecular weight excluding hydrogens is 276 g/mol. The van der Waals surface area contributed by atoms with Gasteiger partial charge in [0.15, 0.2) is 5.13 Å². The van der Waals surface area contributed by atoms with Crippen molar-refractivity contribution in [2.75, 3.05) is 19.0 Å². The Kier molecular flexibility index (Phi) is 4.86. The summed E-state index contributed by atoms with van der Waals surface area (Å²) < 4.78 is 6.37. The number of ether oxygens (including phenoxy) is 1. The van der Waals surface area contributed by atoms with Crippen LogP contribution in [0.15, 0.2) is 22.3 Å². The van der Waals surface area contributed by atoms with E-state index < -0.39 is 0 Å². The highest BCUT2D eigenvalue weighted by molar-refractivity contribution is 7.14. The number of rotatable bonds is 6. The van der Waals surface area contributed by atoms with Gasteiger partial charge in [0.25, 0.3) is 5.56 Å². The molecule has 0 bridgehead atoms. The molecule has 0 spiro atoms. The van der Waals surface area contributed by atoms with Crippen molar-refractivity contribution in [3.8, 4) is 11.4 Å². The summed E-state index contributed by atoms with van der Waals surface area (Å²) in [7, 11) is 1.60. The van der Waals surface area contributed by atoms with E-state index in [9.17, 15) is 4.79 Å². The Morgan fingerprint density at radius 3 is 2.90 bits per heavy atom. The molecule has 0 saturated heterocycles. The molecule has 2 aromatic heterocycles. The van der Waals surface area contributed by atoms with Crippen molar-refractivity contribution in [1.82, 2.24) is 14.8 Å². The molecule has 0 radical (unpaired) electrons. The quantitative estimate of drug-likeness (QED) is 0.880. The summed E-state index contributed by atoms with van der Waals surface area (Å²) in [6.07, 6.45) is 0. The Labute approximate surface area is 121 Å². The van der Waals surface area contributed by atoms with Gasteiger partial charge in [-0.15, -0.1) is 11.3 Å². The number of nitrogens with one attached hydrogen (secondary N) is 1. The first-order valence-electron chi connectivity index (χ1n) is 6.39. The first-order valence-corrected chi connectivity index (χ1v) is 7.27. The maximum atomic E-state index is 11.7. The molecule has 0 amide bonds. The summed E-state index contributed by atoms with van der Waals surface area (Å²) in [6.45, 7) is 5.01. The molecule has 0 aliphatic carbocycles. The lowest BCUT2D eigenvalue weighted by molar-refractivity contribution is 0.182. The third-order valence-corrected chi connectivity index (χ3v) is 3.33. The number of anilines is 1. The molecule has 0 atom stereocenters. The van der Waals surface area contributed by atoms with E-state index in [2.05, 4.69) is 29.2 Å². The zero-order valence-corrected chi connectivity index (χ0v) is 12.6. The molecule has 0 aromatic carbocycles.